The second kappa shape index (κ2) is 7.80. The Morgan fingerprint density at radius 2 is 1.87 bits per heavy atom. The van der Waals surface area contributed by atoms with E-state index in [4.69, 9.17) is 12.2 Å². The molecule has 158 valence electrons. The molecular formula is C24H24N4O3. The summed E-state index contributed by atoms with van der Waals surface area (Å²) < 4.78 is 0. The largest absolute Gasteiger partial charge is 0.369 e. The van der Waals surface area contributed by atoms with Gasteiger partial charge in [0.25, 0.3) is 5.91 Å². The van der Waals surface area contributed by atoms with Crippen LogP contribution in [0.5, 0.6) is 0 Å². The molecule has 3 atom stereocenters. The lowest BCUT2D eigenvalue weighted by Gasteiger charge is -2.46. The van der Waals surface area contributed by atoms with Crippen LogP contribution in [0.4, 0.5) is 10.5 Å². The highest BCUT2D eigenvalue weighted by Gasteiger charge is 2.63. The Morgan fingerprint density at radius 3 is 2.55 bits per heavy atom. The molecule has 0 aromatic heterocycles. The van der Waals surface area contributed by atoms with Crippen LogP contribution < -0.4 is 16.0 Å². The minimum Gasteiger partial charge on any atom is -0.369 e. The normalized spacial score (nSPS) is 24.2. The van der Waals surface area contributed by atoms with Crippen LogP contribution in [0.2, 0.25) is 0 Å². The third-order valence-electron chi connectivity index (χ3n) is 6.34. The Bertz CT molecular complexity index is 1080. The van der Waals surface area contributed by atoms with Gasteiger partial charge in [0.1, 0.15) is 5.54 Å². The first kappa shape index (κ1) is 20.5. The number of anilines is 1. The molecule has 2 aliphatic heterocycles. The molecule has 0 aliphatic carbocycles. The Balaban J connectivity index is 1.74. The summed E-state index contributed by atoms with van der Waals surface area (Å²) in [7, 11) is 0. The first-order valence-corrected chi connectivity index (χ1v) is 10.1. The van der Waals surface area contributed by atoms with Gasteiger partial charge in [0.15, 0.2) is 0 Å². The van der Waals surface area contributed by atoms with Crippen LogP contribution in [0, 0.1) is 18.3 Å². The fraction of sp³-hybridized carbons (Fsp3) is 0.292. The summed E-state index contributed by atoms with van der Waals surface area (Å²) in [6.45, 7) is 2.13. The van der Waals surface area contributed by atoms with Crippen molar-refractivity contribution in [1.82, 2.24) is 10.2 Å². The maximum atomic E-state index is 13.7. The van der Waals surface area contributed by atoms with Gasteiger partial charge in [0.2, 0.25) is 5.91 Å². The third-order valence-corrected chi connectivity index (χ3v) is 6.34. The second-order valence-corrected chi connectivity index (χ2v) is 8.04. The summed E-state index contributed by atoms with van der Waals surface area (Å²) in [5, 5.41) is 2.87. The molecular weight excluding hydrogens is 392 g/mol. The van der Waals surface area contributed by atoms with Gasteiger partial charge in [-0.3, -0.25) is 14.5 Å². The van der Waals surface area contributed by atoms with Crippen LogP contribution in [0.3, 0.4) is 0 Å². The minimum atomic E-state index is -1.29. The number of nitrogens with zero attached hydrogens (tertiary/aromatic N) is 2. The van der Waals surface area contributed by atoms with Crippen molar-refractivity contribution in [2.24, 2.45) is 11.7 Å². The number of nitrogens with one attached hydrogen (secondary N) is 1. The van der Waals surface area contributed by atoms with E-state index in [1.165, 1.54) is 9.80 Å². The van der Waals surface area contributed by atoms with E-state index < -0.39 is 29.3 Å². The van der Waals surface area contributed by atoms with Gasteiger partial charge in [-0.25, -0.2) is 4.79 Å². The first-order chi connectivity index (χ1) is 14.9. The predicted molar refractivity (Wildman–Crippen MR) is 117 cm³/mol. The average molecular weight is 416 g/mol. The Morgan fingerprint density at radius 1 is 1.19 bits per heavy atom. The number of hydrogen-bond acceptors (Lipinski definition) is 3. The van der Waals surface area contributed by atoms with E-state index in [-0.39, 0.29) is 19.0 Å². The Hall–Kier alpha value is -3.79. The van der Waals surface area contributed by atoms with Crippen molar-refractivity contribution in [3.05, 3.63) is 65.7 Å². The lowest BCUT2D eigenvalue weighted by atomic mass is 9.72. The van der Waals surface area contributed by atoms with Crippen LogP contribution >= 0.6 is 0 Å². The number of terminal acetylenes is 1. The number of amides is 4. The van der Waals surface area contributed by atoms with Crippen LogP contribution in [0.15, 0.2) is 54.6 Å². The smallest absolute Gasteiger partial charge is 0.318 e. The van der Waals surface area contributed by atoms with Gasteiger partial charge >= 0.3 is 6.03 Å². The number of carbonyl (C=O) groups excluding carboxylic acids is 3. The number of para-hydroxylation sites is 1. The summed E-state index contributed by atoms with van der Waals surface area (Å²) >= 11 is 0. The van der Waals surface area contributed by atoms with Gasteiger partial charge in [-0.15, -0.1) is 6.42 Å². The highest BCUT2D eigenvalue weighted by atomic mass is 16.2. The number of fused-ring (bicyclic) bond motifs is 3. The van der Waals surface area contributed by atoms with Crippen molar-refractivity contribution in [3.63, 3.8) is 0 Å². The topological polar surface area (TPSA) is 95.7 Å². The van der Waals surface area contributed by atoms with Crippen molar-refractivity contribution in [1.29, 1.82) is 0 Å². The second-order valence-electron chi connectivity index (χ2n) is 8.04. The van der Waals surface area contributed by atoms with Crippen molar-refractivity contribution in [2.75, 3.05) is 18.0 Å². The molecule has 4 amide bonds. The Kier molecular flexibility index (Phi) is 5.15. The molecule has 0 bridgehead atoms. The highest BCUT2D eigenvalue weighted by Crippen LogP contribution is 2.52. The number of benzene rings is 2. The molecule has 4 rings (SSSR count). The summed E-state index contributed by atoms with van der Waals surface area (Å²) in [5.41, 5.74) is 6.83. The van der Waals surface area contributed by atoms with E-state index in [1.54, 1.807) is 13.0 Å². The molecule has 0 radical (unpaired) electrons. The summed E-state index contributed by atoms with van der Waals surface area (Å²) in [6.07, 6.45) is 5.53. The van der Waals surface area contributed by atoms with Gasteiger partial charge < -0.3 is 16.0 Å². The zero-order valence-electron chi connectivity index (χ0n) is 17.2. The van der Waals surface area contributed by atoms with Crippen LogP contribution in [0.25, 0.3) is 0 Å². The van der Waals surface area contributed by atoms with E-state index in [1.807, 2.05) is 48.5 Å². The van der Waals surface area contributed by atoms with E-state index in [0.29, 0.717) is 12.2 Å². The molecule has 7 nitrogen and oxygen atoms in total. The van der Waals surface area contributed by atoms with Gasteiger partial charge in [-0.1, -0.05) is 54.5 Å². The van der Waals surface area contributed by atoms with E-state index in [2.05, 4.69) is 11.2 Å². The molecule has 2 aliphatic rings. The molecule has 2 heterocycles. The maximum absolute atomic E-state index is 13.7. The summed E-state index contributed by atoms with van der Waals surface area (Å²) in [5.74, 6) is 0.433. The summed E-state index contributed by atoms with van der Waals surface area (Å²) in [6, 6.07) is 16.4. The fourth-order valence-corrected chi connectivity index (χ4v) is 4.86. The SMILES string of the molecule is C#CCN1C(=O)[C@]2(C)[C@H](c3ccccc31)[C@@H](C(N)=O)CN2C(=O)NCc1ccccc1. The lowest BCUT2D eigenvalue weighted by molar-refractivity contribution is -0.128. The standard InChI is InChI=1S/C24H24N4O3/c1-3-13-27-19-12-8-7-11-17(19)20-18(21(25)29)15-28(24(20,2)22(27)30)23(31)26-14-16-9-5-4-6-10-16/h1,4-12,18,20H,13-15H2,2H3,(H2,25,29)(H,26,31)/t18-,20+,24-/m0/s1. The van der Waals surface area contributed by atoms with Gasteiger partial charge in [-0.05, 0) is 24.1 Å². The number of primary amides is 1. The van der Waals surface area contributed by atoms with Crippen molar-refractivity contribution < 1.29 is 14.4 Å². The molecule has 1 fully saturated rings. The number of hydrogen-bond donors (Lipinski definition) is 2. The van der Waals surface area contributed by atoms with E-state index >= 15 is 0 Å². The van der Waals surface area contributed by atoms with Crippen LogP contribution in [-0.2, 0) is 16.1 Å². The lowest BCUT2D eigenvalue weighted by Crippen LogP contribution is -2.63. The van der Waals surface area contributed by atoms with Gasteiger partial charge in [0.05, 0.1) is 12.5 Å². The first-order valence-electron chi connectivity index (χ1n) is 10.1. The Labute approximate surface area is 181 Å². The van der Waals surface area contributed by atoms with Crippen molar-refractivity contribution in [2.45, 2.75) is 24.9 Å². The molecule has 0 saturated carbocycles. The van der Waals surface area contributed by atoms with Crippen LogP contribution in [0.1, 0.15) is 24.0 Å². The van der Waals surface area contributed by atoms with E-state index in [9.17, 15) is 14.4 Å². The predicted octanol–water partition coefficient (Wildman–Crippen LogP) is 1.84. The molecule has 0 unspecified atom stereocenters. The van der Waals surface area contributed by atoms with Gasteiger partial charge in [-0.2, -0.15) is 0 Å². The zero-order chi connectivity index (χ0) is 22.2. The van der Waals surface area contributed by atoms with Crippen LogP contribution in [-0.4, -0.2) is 41.4 Å². The third kappa shape index (κ3) is 3.21. The molecule has 31 heavy (non-hydrogen) atoms. The maximum Gasteiger partial charge on any atom is 0.318 e. The molecule has 7 heteroatoms. The average Bonchev–Trinajstić information content (AvgIpc) is 3.11. The molecule has 0 spiro atoms. The van der Waals surface area contributed by atoms with E-state index in [0.717, 1.165) is 11.1 Å². The zero-order valence-corrected chi connectivity index (χ0v) is 17.2. The number of rotatable bonds is 4. The van der Waals surface area contributed by atoms with Crippen molar-refractivity contribution in [3.8, 4) is 12.3 Å². The summed E-state index contributed by atoms with van der Waals surface area (Å²) in [4.78, 5) is 42.2. The number of likely N-dealkylation sites (tertiary alicyclic amines) is 1. The quantitative estimate of drug-likeness (QED) is 0.745. The monoisotopic (exact) mass is 416 g/mol. The van der Waals surface area contributed by atoms with Gasteiger partial charge in [0, 0.05) is 24.7 Å². The molecule has 2 aromatic carbocycles. The molecule has 1 saturated heterocycles. The van der Waals surface area contributed by atoms with Crippen molar-refractivity contribution >= 4 is 23.5 Å². The number of urea groups is 1. The molecule has 3 N–H and O–H groups in total. The fourth-order valence-electron chi connectivity index (χ4n) is 4.86. The number of nitrogens with two attached hydrogens (primary N) is 1. The minimum absolute atomic E-state index is 0.0566. The number of carbonyl (C=O) groups is 3. The molecule has 2 aromatic rings. The highest BCUT2D eigenvalue weighted by molar-refractivity contribution is 6.07.